The van der Waals surface area contributed by atoms with Gasteiger partial charge in [-0.2, -0.15) is 0 Å². The Morgan fingerprint density at radius 2 is 1.67 bits per heavy atom. The van der Waals surface area contributed by atoms with Crippen molar-refractivity contribution in [2.24, 2.45) is 0 Å². The highest BCUT2D eigenvalue weighted by atomic mass is 16.5. The monoisotopic (exact) mass is 365 g/mol. The minimum Gasteiger partial charge on any atom is -0.497 e. The zero-order valence-electron chi connectivity index (χ0n) is 15.2. The first kappa shape index (κ1) is 18.2. The Morgan fingerprint density at radius 3 is 2.30 bits per heavy atom. The normalized spacial score (nSPS) is 10.5. The van der Waals surface area contributed by atoms with Gasteiger partial charge in [-0.05, 0) is 36.4 Å². The number of fused-ring (bicyclic) bond motifs is 1. The maximum atomic E-state index is 12.8. The maximum absolute atomic E-state index is 12.8. The van der Waals surface area contributed by atoms with E-state index < -0.39 is 0 Å². The average Bonchev–Trinajstić information content (AvgIpc) is 3.00. The molecule has 7 heteroatoms. The standard InChI is InChI=1S/C20H19N3O4/c1-12(24)21-14-5-4-6-15(9-14)22-20(26)18-11-23(13(2)25)19-8-7-16(27-3)10-17(18)19/h4-11H,1-3H3,(H,21,24)(H,22,26). The number of carbonyl (C=O) groups is 3. The molecular weight excluding hydrogens is 346 g/mol. The number of hydrogen-bond donors (Lipinski definition) is 2. The molecule has 0 atom stereocenters. The summed E-state index contributed by atoms with van der Waals surface area (Å²) < 4.78 is 6.66. The zero-order valence-corrected chi connectivity index (χ0v) is 15.2. The maximum Gasteiger partial charge on any atom is 0.257 e. The molecule has 0 saturated heterocycles. The van der Waals surface area contributed by atoms with Crippen LogP contribution >= 0.6 is 0 Å². The van der Waals surface area contributed by atoms with Crippen LogP contribution in [-0.4, -0.2) is 29.4 Å². The number of ether oxygens (including phenoxy) is 1. The topological polar surface area (TPSA) is 89.4 Å². The Bertz CT molecular complexity index is 1050. The smallest absolute Gasteiger partial charge is 0.257 e. The van der Waals surface area contributed by atoms with E-state index in [9.17, 15) is 14.4 Å². The summed E-state index contributed by atoms with van der Waals surface area (Å²) in [5.74, 6) is -0.175. The van der Waals surface area contributed by atoms with Crippen molar-refractivity contribution in [3.05, 3.63) is 54.2 Å². The summed E-state index contributed by atoms with van der Waals surface area (Å²) in [5.41, 5.74) is 2.08. The molecule has 0 unspecified atom stereocenters. The van der Waals surface area contributed by atoms with Crippen LogP contribution in [0.2, 0.25) is 0 Å². The number of nitrogens with zero attached hydrogens (tertiary/aromatic N) is 1. The van der Waals surface area contributed by atoms with Crippen LogP contribution in [0.3, 0.4) is 0 Å². The number of anilines is 2. The number of carbonyl (C=O) groups excluding carboxylic acids is 3. The molecule has 3 rings (SSSR count). The van der Waals surface area contributed by atoms with Gasteiger partial charge in [-0.3, -0.25) is 19.0 Å². The summed E-state index contributed by atoms with van der Waals surface area (Å²) in [6.45, 7) is 2.84. The molecule has 2 amide bonds. The first-order valence-corrected chi connectivity index (χ1v) is 8.28. The van der Waals surface area contributed by atoms with Crippen LogP contribution in [0.5, 0.6) is 5.75 Å². The zero-order chi connectivity index (χ0) is 19.6. The lowest BCUT2D eigenvalue weighted by molar-refractivity contribution is -0.114. The van der Waals surface area contributed by atoms with Crippen molar-refractivity contribution < 1.29 is 19.1 Å². The van der Waals surface area contributed by atoms with Crippen molar-refractivity contribution in [1.82, 2.24) is 4.57 Å². The quantitative estimate of drug-likeness (QED) is 0.740. The van der Waals surface area contributed by atoms with E-state index in [0.29, 0.717) is 33.6 Å². The predicted octanol–water partition coefficient (Wildman–Crippen LogP) is 3.52. The van der Waals surface area contributed by atoms with E-state index in [1.54, 1.807) is 42.5 Å². The molecule has 0 bridgehead atoms. The summed E-state index contributed by atoms with van der Waals surface area (Å²) in [5, 5.41) is 6.08. The first-order chi connectivity index (χ1) is 12.9. The number of methoxy groups -OCH3 is 1. The molecular formula is C20H19N3O4. The summed E-state index contributed by atoms with van der Waals surface area (Å²) in [7, 11) is 1.54. The summed E-state index contributed by atoms with van der Waals surface area (Å²) >= 11 is 0. The molecule has 138 valence electrons. The van der Waals surface area contributed by atoms with E-state index in [2.05, 4.69) is 10.6 Å². The van der Waals surface area contributed by atoms with Crippen molar-refractivity contribution in [2.75, 3.05) is 17.7 Å². The largest absolute Gasteiger partial charge is 0.497 e. The second kappa shape index (κ2) is 7.33. The van der Waals surface area contributed by atoms with Gasteiger partial charge in [0.2, 0.25) is 11.8 Å². The molecule has 0 fully saturated rings. The highest BCUT2D eigenvalue weighted by Gasteiger charge is 2.18. The molecule has 0 aliphatic rings. The molecule has 3 aromatic rings. The molecule has 7 nitrogen and oxygen atoms in total. The Morgan fingerprint density at radius 1 is 0.963 bits per heavy atom. The third-order valence-corrected chi connectivity index (χ3v) is 4.04. The van der Waals surface area contributed by atoms with Crippen LogP contribution in [0.15, 0.2) is 48.7 Å². The van der Waals surface area contributed by atoms with E-state index in [0.717, 1.165) is 0 Å². The highest BCUT2D eigenvalue weighted by molar-refractivity contribution is 6.14. The Labute approximate surface area is 155 Å². The van der Waals surface area contributed by atoms with Gasteiger partial charge in [0.15, 0.2) is 0 Å². The van der Waals surface area contributed by atoms with Crippen molar-refractivity contribution >= 4 is 40.0 Å². The van der Waals surface area contributed by atoms with Crippen molar-refractivity contribution in [3.63, 3.8) is 0 Å². The molecule has 1 aromatic heterocycles. The highest BCUT2D eigenvalue weighted by Crippen LogP contribution is 2.27. The fraction of sp³-hybridized carbons (Fsp3) is 0.150. The number of rotatable bonds is 4. The van der Waals surface area contributed by atoms with Gasteiger partial charge in [0.25, 0.3) is 5.91 Å². The minimum atomic E-state index is -0.367. The molecule has 0 radical (unpaired) electrons. The summed E-state index contributed by atoms with van der Waals surface area (Å²) in [6.07, 6.45) is 1.51. The van der Waals surface area contributed by atoms with Crippen molar-refractivity contribution in [2.45, 2.75) is 13.8 Å². The lowest BCUT2D eigenvalue weighted by Gasteiger charge is -2.07. The summed E-state index contributed by atoms with van der Waals surface area (Å²) in [6, 6.07) is 12.0. The van der Waals surface area contributed by atoms with Gasteiger partial charge in [-0.25, -0.2) is 0 Å². The first-order valence-electron chi connectivity index (χ1n) is 8.28. The molecule has 27 heavy (non-hydrogen) atoms. The van der Waals surface area contributed by atoms with Crippen LogP contribution in [-0.2, 0) is 4.79 Å². The Hall–Kier alpha value is -3.61. The minimum absolute atomic E-state index is 0.197. The van der Waals surface area contributed by atoms with E-state index in [1.807, 2.05) is 0 Å². The SMILES string of the molecule is COc1ccc2c(c1)c(C(=O)Nc1cccc(NC(C)=O)c1)cn2C(C)=O. The van der Waals surface area contributed by atoms with Gasteiger partial charge < -0.3 is 15.4 Å². The third kappa shape index (κ3) is 3.82. The molecule has 2 N–H and O–H groups in total. The van der Waals surface area contributed by atoms with Crippen molar-refractivity contribution in [3.8, 4) is 5.75 Å². The molecule has 1 heterocycles. The number of amides is 2. The van der Waals surface area contributed by atoms with Crippen LogP contribution < -0.4 is 15.4 Å². The van der Waals surface area contributed by atoms with Crippen molar-refractivity contribution in [1.29, 1.82) is 0 Å². The summed E-state index contributed by atoms with van der Waals surface area (Å²) in [4.78, 5) is 35.9. The number of aromatic nitrogens is 1. The fourth-order valence-electron chi connectivity index (χ4n) is 2.85. The molecule has 0 saturated carbocycles. The van der Waals surface area contributed by atoms with E-state index in [1.165, 1.54) is 31.7 Å². The molecule has 2 aromatic carbocycles. The van der Waals surface area contributed by atoms with E-state index >= 15 is 0 Å². The van der Waals surface area contributed by atoms with Crippen LogP contribution in [0, 0.1) is 0 Å². The average molecular weight is 365 g/mol. The van der Waals surface area contributed by atoms with Gasteiger partial charge in [-0.1, -0.05) is 6.07 Å². The fourth-order valence-corrected chi connectivity index (χ4v) is 2.85. The van der Waals surface area contributed by atoms with Crippen LogP contribution in [0.4, 0.5) is 11.4 Å². The second-order valence-electron chi connectivity index (χ2n) is 6.03. The van der Waals surface area contributed by atoms with E-state index in [4.69, 9.17) is 4.74 Å². The molecule has 0 spiro atoms. The second-order valence-corrected chi connectivity index (χ2v) is 6.03. The molecule has 0 aliphatic heterocycles. The lowest BCUT2D eigenvalue weighted by atomic mass is 10.1. The van der Waals surface area contributed by atoms with Crippen LogP contribution in [0.25, 0.3) is 10.9 Å². The van der Waals surface area contributed by atoms with Gasteiger partial charge in [0.1, 0.15) is 5.75 Å². The lowest BCUT2D eigenvalue weighted by Crippen LogP contribution is -2.12. The molecule has 0 aliphatic carbocycles. The van der Waals surface area contributed by atoms with Crippen LogP contribution in [0.1, 0.15) is 29.0 Å². The van der Waals surface area contributed by atoms with Gasteiger partial charge >= 0.3 is 0 Å². The third-order valence-electron chi connectivity index (χ3n) is 4.04. The Balaban J connectivity index is 1.98. The van der Waals surface area contributed by atoms with E-state index in [-0.39, 0.29) is 17.7 Å². The van der Waals surface area contributed by atoms with Gasteiger partial charge in [0.05, 0.1) is 18.2 Å². The van der Waals surface area contributed by atoms with Gasteiger partial charge in [0, 0.05) is 36.8 Å². The Kier molecular flexibility index (Phi) is 4.94. The number of benzene rings is 2. The van der Waals surface area contributed by atoms with Gasteiger partial charge in [-0.15, -0.1) is 0 Å². The predicted molar refractivity (Wildman–Crippen MR) is 103 cm³/mol. The number of hydrogen-bond acceptors (Lipinski definition) is 4. The number of nitrogens with one attached hydrogen (secondary N) is 2.